The van der Waals surface area contributed by atoms with Crippen molar-refractivity contribution in [3.8, 4) is 0 Å². The van der Waals surface area contributed by atoms with Gasteiger partial charge in [-0.2, -0.15) is 0 Å². The number of nitrogens with one attached hydrogen (secondary N) is 2. The van der Waals surface area contributed by atoms with Crippen molar-refractivity contribution in [2.24, 2.45) is 9.98 Å². The summed E-state index contributed by atoms with van der Waals surface area (Å²) in [6.45, 7) is 4.93. The Morgan fingerprint density at radius 2 is 2.23 bits per heavy atom. The Bertz CT molecular complexity index is 651. The molecule has 116 valence electrons. The molecule has 3 N–H and O–H groups in total. The molecule has 1 aliphatic carbocycles. The number of halogens is 1. The van der Waals surface area contributed by atoms with Gasteiger partial charge in [0.15, 0.2) is 0 Å². The van der Waals surface area contributed by atoms with E-state index in [0.717, 1.165) is 18.4 Å². The molecular formula is C15H17FN4O2. The standard InChI is InChI=1S/C15H17FN4O2/c1-10(13(21)20-22)9-18-14(17-2)19-15(6-7-15)11-4-3-5-12(16)8-11/h3-5,8-9,22H,2,6-7H2,1H3,(H,18,19)(H,20,21)/b10-9+. The third-order valence-corrected chi connectivity index (χ3v) is 3.47. The molecule has 1 amide bonds. The molecule has 6 nitrogen and oxygen atoms in total. The first-order valence-corrected chi connectivity index (χ1v) is 6.71. The number of aliphatic imine (C=N–C) groups is 2. The van der Waals surface area contributed by atoms with Crippen LogP contribution in [0.15, 0.2) is 46.0 Å². The molecule has 1 aromatic carbocycles. The smallest absolute Gasteiger partial charge is 0.271 e. The van der Waals surface area contributed by atoms with E-state index in [0.29, 0.717) is 0 Å². The van der Waals surface area contributed by atoms with E-state index in [4.69, 9.17) is 5.21 Å². The molecule has 0 spiro atoms. The topological polar surface area (TPSA) is 86.1 Å². The van der Waals surface area contributed by atoms with Gasteiger partial charge in [-0.25, -0.2) is 19.9 Å². The van der Waals surface area contributed by atoms with Gasteiger partial charge in [-0.15, -0.1) is 0 Å². The van der Waals surface area contributed by atoms with Crippen molar-refractivity contribution in [1.82, 2.24) is 10.8 Å². The van der Waals surface area contributed by atoms with Gasteiger partial charge in [0.05, 0.1) is 5.54 Å². The van der Waals surface area contributed by atoms with Gasteiger partial charge < -0.3 is 5.32 Å². The minimum absolute atomic E-state index is 0.209. The highest BCUT2D eigenvalue weighted by Crippen LogP contribution is 2.45. The lowest BCUT2D eigenvalue weighted by atomic mass is 10.1. The Kier molecular flexibility index (Phi) is 4.67. The quantitative estimate of drug-likeness (QED) is 0.261. The van der Waals surface area contributed by atoms with Gasteiger partial charge in [-0.05, 0) is 44.2 Å². The van der Waals surface area contributed by atoms with Crippen LogP contribution in [-0.2, 0) is 10.3 Å². The summed E-state index contributed by atoms with van der Waals surface area (Å²) in [5.41, 5.74) is 2.14. The molecular weight excluding hydrogens is 287 g/mol. The Labute approximate surface area is 127 Å². The maximum Gasteiger partial charge on any atom is 0.271 e. The van der Waals surface area contributed by atoms with Gasteiger partial charge in [0, 0.05) is 11.8 Å². The van der Waals surface area contributed by atoms with Crippen LogP contribution in [-0.4, -0.2) is 23.8 Å². The normalized spacial score (nSPS) is 16.9. The van der Waals surface area contributed by atoms with Crippen LogP contribution in [0.5, 0.6) is 0 Å². The first kappa shape index (κ1) is 15.8. The third-order valence-electron chi connectivity index (χ3n) is 3.47. The highest BCUT2D eigenvalue weighted by atomic mass is 19.1. The number of hydrogen-bond donors (Lipinski definition) is 3. The summed E-state index contributed by atoms with van der Waals surface area (Å²) < 4.78 is 13.4. The fourth-order valence-electron chi connectivity index (χ4n) is 2.03. The van der Waals surface area contributed by atoms with Crippen LogP contribution >= 0.6 is 0 Å². The zero-order chi connectivity index (χ0) is 16.2. The van der Waals surface area contributed by atoms with Crippen molar-refractivity contribution in [2.45, 2.75) is 25.3 Å². The first-order chi connectivity index (χ1) is 10.5. The largest absolute Gasteiger partial charge is 0.345 e. The van der Waals surface area contributed by atoms with Crippen molar-refractivity contribution in [3.63, 3.8) is 0 Å². The molecule has 1 aliphatic rings. The van der Waals surface area contributed by atoms with Gasteiger partial charge in [-0.1, -0.05) is 12.1 Å². The summed E-state index contributed by atoms with van der Waals surface area (Å²) in [6, 6.07) is 6.35. The van der Waals surface area contributed by atoms with E-state index in [9.17, 15) is 9.18 Å². The second-order valence-electron chi connectivity index (χ2n) is 5.08. The zero-order valence-electron chi connectivity index (χ0n) is 12.1. The molecule has 0 saturated heterocycles. The van der Waals surface area contributed by atoms with Crippen molar-refractivity contribution in [2.75, 3.05) is 0 Å². The minimum atomic E-state index is -0.654. The molecule has 22 heavy (non-hydrogen) atoms. The van der Waals surface area contributed by atoms with Crippen LogP contribution in [0.2, 0.25) is 0 Å². The molecule has 1 aromatic rings. The minimum Gasteiger partial charge on any atom is -0.345 e. The average Bonchev–Trinajstić information content (AvgIpc) is 3.31. The van der Waals surface area contributed by atoms with Gasteiger partial charge >= 0.3 is 0 Å². The van der Waals surface area contributed by atoms with Gasteiger partial charge in [0.2, 0.25) is 5.96 Å². The molecule has 0 atom stereocenters. The summed E-state index contributed by atoms with van der Waals surface area (Å²) in [5.74, 6) is -0.726. The molecule has 0 heterocycles. The highest BCUT2D eigenvalue weighted by Gasteiger charge is 2.45. The van der Waals surface area contributed by atoms with Crippen LogP contribution in [0.4, 0.5) is 4.39 Å². The molecule has 0 aliphatic heterocycles. The van der Waals surface area contributed by atoms with Crippen LogP contribution in [0, 0.1) is 5.82 Å². The third kappa shape index (κ3) is 3.56. The number of hydrogen-bond acceptors (Lipinski definition) is 3. The summed E-state index contributed by atoms with van der Waals surface area (Å²) in [6.07, 6.45) is 2.92. The van der Waals surface area contributed by atoms with E-state index < -0.39 is 11.4 Å². The number of nitrogens with zero attached hydrogens (tertiary/aromatic N) is 2. The van der Waals surface area contributed by atoms with E-state index >= 15 is 0 Å². The Hall–Kier alpha value is -2.54. The summed E-state index contributed by atoms with van der Waals surface area (Å²) in [5, 5.41) is 11.6. The maximum atomic E-state index is 13.4. The van der Waals surface area contributed by atoms with E-state index in [2.05, 4.69) is 22.0 Å². The van der Waals surface area contributed by atoms with Crippen LogP contribution in [0.1, 0.15) is 25.3 Å². The molecule has 0 bridgehead atoms. The molecule has 1 saturated carbocycles. The number of hydroxylamine groups is 1. The van der Waals surface area contributed by atoms with E-state index in [1.807, 2.05) is 6.07 Å². The number of carbonyl (C=O) groups excluding carboxylic acids is 1. The van der Waals surface area contributed by atoms with E-state index in [1.54, 1.807) is 6.07 Å². The van der Waals surface area contributed by atoms with Gasteiger partial charge in [-0.3, -0.25) is 10.0 Å². The lowest BCUT2D eigenvalue weighted by molar-refractivity contribution is -0.125. The fraction of sp³-hybridized carbons (Fsp3) is 0.267. The molecule has 2 rings (SSSR count). The first-order valence-electron chi connectivity index (χ1n) is 6.71. The summed E-state index contributed by atoms with van der Waals surface area (Å²) in [7, 11) is 0. The lowest BCUT2D eigenvalue weighted by Gasteiger charge is -2.18. The number of amides is 1. The van der Waals surface area contributed by atoms with Crippen molar-refractivity contribution in [1.29, 1.82) is 0 Å². The van der Waals surface area contributed by atoms with Crippen molar-refractivity contribution >= 4 is 18.6 Å². The molecule has 7 heteroatoms. The fourth-order valence-corrected chi connectivity index (χ4v) is 2.03. The van der Waals surface area contributed by atoms with Crippen molar-refractivity contribution < 1.29 is 14.4 Å². The zero-order valence-corrected chi connectivity index (χ0v) is 12.1. The Morgan fingerprint density at radius 1 is 1.50 bits per heavy atom. The molecule has 0 unspecified atom stereocenters. The predicted molar refractivity (Wildman–Crippen MR) is 81.1 cm³/mol. The SMILES string of the molecule is C=N/C(=N\C=C(/C)C(=O)NO)NC1(c2cccc(F)c2)CC1. The Balaban J connectivity index is 2.17. The van der Waals surface area contributed by atoms with E-state index in [1.165, 1.54) is 30.7 Å². The number of carbonyl (C=O) groups is 1. The lowest BCUT2D eigenvalue weighted by Crippen LogP contribution is -2.33. The molecule has 1 fully saturated rings. The predicted octanol–water partition coefficient (Wildman–Crippen LogP) is 1.87. The van der Waals surface area contributed by atoms with Crippen LogP contribution < -0.4 is 10.8 Å². The summed E-state index contributed by atoms with van der Waals surface area (Å²) >= 11 is 0. The van der Waals surface area contributed by atoms with Gasteiger partial charge in [0.1, 0.15) is 5.82 Å². The Morgan fingerprint density at radius 3 is 2.77 bits per heavy atom. The summed E-state index contributed by atoms with van der Waals surface area (Å²) in [4.78, 5) is 19.0. The number of rotatable bonds is 4. The monoisotopic (exact) mass is 304 g/mol. The number of benzene rings is 1. The van der Waals surface area contributed by atoms with Crippen LogP contribution in [0.3, 0.4) is 0 Å². The number of guanidine groups is 1. The second-order valence-corrected chi connectivity index (χ2v) is 5.08. The highest BCUT2D eigenvalue weighted by molar-refractivity contribution is 5.92. The second kappa shape index (κ2) is 6.48. The average molecular weight is 304 g/mol. The van der Waals surface area contributed by atoms with Crippen LogP contribution in [0.25, 0.3) is 0 Å². The maximum absolute atomic E-state index is 13.4. The van der Waals surface area contributed by atoms with Gasteiger partial charge in [0.25, 0.3) is 5.91 Å². The molecule has 0 aromatic heterocycles. The van der Waals surface area contributed by atoms with Crippen molar-refractivity contribution in [3.05, 3.63) is 47.4 Å². The molecule has 0 radical (unpaired) electrons. The van der Waals surface area contributed by atoms with E-state index in [-0.39, 0.29) is 17.3 Å².